The highest BCUT2D eigenvalue weighted by molar-refractivity contribution is 5.72. The third-order valence-corrected chi connectivity index (χ3v) is 4.91. The number of hydrogen-bond acceptors (Lipinski definition) is 2. The molecule has 1 aromatic rings. The lowest BCUT2D eigenvalue weighted by Gasteiger charge is -2.35. The average Bonchev–Trinajstić information content (AvgIpc) is 2.55. The van der Waals surface area contributed by atoms with E-state index in [0.29, 0.717) is 11.8 Å². The number of hydrogen-bond donors (Lipinski definition) is 0. The molecule has 1 aliphatic rings. The van der Waals surface area contributed by atoms with Crippen LogP contribution in [0, 0.1) is 17.8 Å². The van der Waals surface area contributed by atoms with Gasteiger partial charge in [0.1, 0.15) is 6.10 Å². The van der Waals surface area contributed by atoms with Gasteiger partial charge >= 0.3 is 5.97 Å². The lowest BCUT2D eigenvalue weighted by molar-refractivity contribution is -0.156. The second-order valence-electron chi connectivity index (χ2n) is 7.56. The highest BCUT2D eigenvalue weighted by atomic mass is 16.5. The molecule has 2 rings (SSSR count). The van der Waals surface area contributed by atoms with Crippen molar-refractivity contribution in [2.75, 3.05) is 0 Å². The molecule has 1 aromatic carbocycles. The first-order valence-electron chi connectivity index (χ1n) is 9.45. The summed E-state index contributed by atoms with van der Waals surface area (Å²) in [5, 5.41) is 0. The van der Waals surface area contributed by atoms with Crippen molar-refractivity contribution in [2.45, 2.75) is 65.4 Å². The third-order valence-electron chi connectivity index (χ3n) is 4.91. The number of carbonyl (C=O) groups is 1. The van der Waals surface area contributed by atoms with Crippen LogP contribution in [0.1, 0.15) is 64.9 Å². The molecule has 0 aliphatic heterocycles. The van der Waals surface area contributed by atoms with Crippen LogP contribution in [0.5, 0.6) is 0 Å². The van der Waals surface area contributed by atoms with Gasteiger partial charge in [0, 0.05) is 12.3 Å². The maximum Gasteiger partial charge on any atom is 0.308 e. The lowest BCUT2D eigenvalue weighted by Crippen LogP contribution is -2.34. The van der Waals surface area contributed by atoms with Gasteiger partial charge in [0.05, 0.1) is 5.92 Å². The Balaban J connectivity index is 2.16. The summed E-state index contributed by atoms with van der Waals surface area (Å²) in [6.45, 7) is 8.51. The summed E-state index contributed by atoms with van der Waals surface area (Å²) in [6, 6.07) is 10.5. The van der Waals surface area contributed by atoms with E-state index in [1.165, 1.54) is 5.56 Å². The van der Waals surface area contributed by atoms with Gasteiger partial charge in [0.25, 0.3) is 0 Å². The summed E-state index contributed by atoms with van der Waals surface area (Å²) in [5.41, 5.74) is 1.29. The molecule has 4 atom stereocenters. The topological polar surface area (TPSA) is 26.3 Å². The van der Waals surface area contributed by atoms with E-state index in [1.807, 2.05) is 13.0 Å². The van der Waals surface area contributed by atoms with Gasteiger partial charge in [-0.2, -0.15) is 0 Å². The second kappa shape index (κ2) is 9.05. The van der Waals surface area contributed by atoms with Crippen molar-refractivity contribution in [1.82, 2.24) is 0 Å². The summed E-state index contributed by atoms with van der Waals surface area (Å²) in [5.74, 6) is 1.16. The summed E-state index contributed by atoms with van der Waals surface area (Å²) in [4.78, 5) is 12.5. The van der Waals surface area contributed by atoms with E-state index in [9.17, 15) is 4.79 Å². The van der Waals surface area contributed by atoms with E-state index >= 15 is 0 Å². The Morgan fingerprint density at radius 1 is 1.21 bits per heavy atom. The number of esters is 1. The van der Waals surface area contributed by atoms with Gasteiger partial charge in [-0.15, -0.1) is 0 Å². The Morgan fingerprint density at radius 3 is 2.54 bits per heavy atom. The molecule has 0 spiro atoms. The molecule has 2 heteroatoms. The van der Waals surface area contributed by atoms with Gasteiger partial charge in [0.15, 0.2) is 0 Å². The molecule has 132 valence electrons. The molecule has 0 saturated heterocycles. The Morgan fingerprint density at radius 2 is 1.92 bits per heavy atom. The maximum atomic E-state index is 12.5. The maximum absolute atomic E-state index is 12.5. The standard InChI is InChI=1S/C22H32O2/c1-5-10-18-13-9-14-20(21(18)19-11-7-6-8-12-19)24-22(23)17(4)15-16(2)3/h6-9,11-13,16-18,20-21H,5,10,14-15H2,1-4H3/t17?,18-,20?,21?/m1/s1. The van der Waals surface area contributed by atoms with E-state index in [2.05, 4.69) is 57.2 Å². The number of carbonyl (C=O) groups excluding carboxylic acids is 1. The van der Waals surface area contributed by atoms with Crippen molar-refractivity contribution >= 4 is 5.97 Å². The first-order chi connectivity index (χ1) is 11.5. The molecule has 0 N–H and O–H groups in total. The van der Waals surface area contributed by atoms with E-state index in [-0.39, 0.29) is 23.9 Å². The molecule has 3 unspecified atom stereocenters. The van der Waals surface area contributed by atoms with Crippen molar-refractivity contribution in [3.05, 3.63) is 48.0 Å². The van der Waals surface area contributed by atoms with Crippen molar-refractivity contribution in [1.29, 1.82) is 0 Å². The molecular formula is C22H32O2. The lowest BCUT2D eigenvalue weighted by atomic mass is 9.75. The largest absolute Gasteiger partial charge is 0.461 e. The predicted molar refractivity (Wildman–Crippen MR) is 99.8 cm³/mol. The molecule has 0 heterocycles. The first kappa shape index (κ1) is 18.8. The van der Waals surface area contributed by atoms with Gasteiger partial charge < -0.3 is 4.74 Å². The monoisotopic (exact) mass is 328 g/mol. The Labute approximate surface area is 147 Å². The number of rotatable bonds is 7. The van der Waals surface area contributed by atoms with Gasteiger partial charge in [-0.25, -0.2) is 0 Å². The fourth-order valence-corrected chi connectivity index (χ4v) is 3.87. The Kier molecular flexibility index (Phi) is 7.08. The molecule has 0 aromatic heterocycles. The number of ether oxygens (including phenoxy) is 1. The first-order valence-corrected chi connectivity index (χ1v) is 9.45. The van der Waals surface area contributed by atoms with Gasteiger partial charge in [0.2, 0.25) is 0 Å². The highest BCUT2D eigenvalue weighted by Crippen LogP contribution is 2.39. The Hall–Kier alpha value is -1.57. The van der Waals surface area contributed by atoms with Crippen LogP contribution in [0.25, 0.3) is 0 Å². The smallest absolute Gasteiger partial charge is 0.308 e. The van der Waals surface area contributed by atoms with E-state index in [1.54, 1.807) is 0 Å². The summed E-state index contributed by atoms with van der Waals surface area (Å²) in [6.07, 6.45) is 8.45. The van der Waals surface area contributed by atoms with Crippen molar-refractivity contribution < 1.29 is 9.53 Å². The van der Waals surface area contributed by atoms with Gasteiger partial charge in [-0.3, -0.25) is 4.79 Å². The fraction of sp³-hybridized carbons (Fsp3) is 0.591. The van der Waals surface area contributed by atoms with Gasteiger partial charge in [-0.05, 0) is 30.2 Å². The van der Waals surface area contributed by atoms with Crippen molar-refractivity contribution in [2.24, 2.45) is 17.8 Å². The highest BCUT2D eigenvalue weighted by Gasteiger charge is 2.34. The molecule has 0 saturated carbocycles. The normalized spacial score (nSPS) is 24.8. The van der Waals surface area contributed by atoms with Crippen LogP contribution in [0.4, 0.5) is 0 Å². The van der Waals surface area contributed by atoms with E-state index < -0.39 is 0 Å². The van der Waals surface area contributed by atoms with Crippen molar-refractivity contribution in [3.8, 4) is 0 Å². The summed E-state index contributed by atoms with van der Waals surface area (Å²) < 4.78 is 6.01. The van der Waals surface area contributed by atoms with Crippen LogP contribution in [0.2, 0.25) is 0 Å². The van der Waals surface area contributed by atoms with Crippen LogP contribution < -0.4 is 0 Å². The minimum absolute atomic E-state index is 0.0306. The summed E-state index contributed by atoms with van der Waals surface area (Å²) >= 11 is 0. The van der Waals surface area contributed by atoms with E-state index in [0.717, 1.165) is 25.7 Å². The average molecular weight is 328 g/mol. The molecule has 1 aliphatic carbocycles. The van der Waals surface area contributed by atoms with Crippen LogP contribution in [0.15, 0.2) is 42.5 Å². The fourth-order valence-electron chi connectivity index (χ4n) is 3.87. The third kappa shape index (κ3) is 4.96. The molecule has 24 heavy (non-hydrogen) atoms. The Bertz CT molecular complexity index is 532. The quantitative estimate of drug-likeness (QED) is 0.471. The zero-order valence-electron chi connectivity index (χ0n) is 15.6. The van der Waals surface area contributed by atoms with Crippen LogP contribution in [0.3, 0.4) is 0 Å². The number of benzene rings is 1. The predicted octanol–water partition coefficient (Wildman–Crippen LogP) is 5.74. The minimum atomic E-state index is -0.0453. The summed E-state index contributed by atoms with van der Waals surface area (Å²) in [7, 11) is 0. The van der Waals surface area contributed by atoms with Crippen molar-refractivity contribution in [3.63, 3.8) is 0 Å². The van der Waals surface area contributed by atoms with Crippen LogP contribution in [-0.4, -0.2) is 12.1 Å². The zero-order chi connectivity index (χ0) is 17.5. The zero-order valence-corrected chi connectivity index (χ0v) is 15.6. The van der Waals surface area contributed by atoms with E-state index in [4.69, 9.17) is 4.74 Å². The molecule has 0 fully saturated rings. The SMILES string of the molecule is CCC[C@@H]1C=CCC(OC(=O)C(C)CC(C)C)C1c1ccccc1. The molecule has 2 nitrogen and oxygen atoms in total. The molecule has 0 radical (unpaired) electrons. The van der Waals surface area contributed by atoms with Crippen LogP contribution >= 0.6 is 0 Å². The molecular weight excluding hydrogens is 296 g/mol. The molecule has 0 bridgehead atoms. The van der Waals surface area contributed by atoms with Crippen LogP contribution in [-0.2, 0) is 9.53 Å². The van der Waals surface area contributed by atoms with Gasteiger partial charge in [-0.1, -0.05) is 76.6 Å². The number of allylic oxidation sites excluding steroid dienone is 1. The minimum Gasteiger partial charge on any atom is -0.461 e. The second-order valence-corrected chi connectivity index (χ2v) is 7.56. The molecule has 0 amide bonds.